The van der Waals surface area contributed by atoms with Gasteiger partial charge in [0, 0.05) is 0 Å². The van der Waals surface area contributed by atoms with E-state index in [1.807, 2.05) is 0 Å². The second-order valence-corrected chi connectivity index (χ2v) is 8.35. The predicted molar refractivity (Wildman–Crippen MR) is 93.4 cm³/mol. The summed E-state index contributed by atoms with van der Waals surface area (Å²) in [6.07, 6.45) is 6.25. The normalized spacial score (nSPS) is 12.7. The van der Waals surface area contributed by atoms with Crippen LogP contribution in [0.5, 0.6) is 5.75 Å². The molecule has 1 N–H and O–H groups in total. The van der Waals surface area contributed by atoms with Gasteiger partial charge in [-0.1, -0.05) is 79.9 Å². The van der Waals surface area contributed by atoms with Crippen LogP contribution >= 0.6 is 0 Å². The van der Waals surface area contributed by atoms with E-state index in [1.54, 1.807) is 0 Å². The molecule has 1 nitrogen and oxygen atoms in total. The minimum absolute atomic E-state index is 0.0243. The largest absolute Gasteiger partial charge is 0.507 e. The first-order valence-electron chi connectivity index (χ1n) is 8.44. The van der Waals surface area contributed by atoms with Gasteiger partial charge in [-0.3, -0.25) is 0 Å². The molecule has 21 heavy (non-hydrogen) atoms. The van der Waals surface area contributed by atoms with E-state index in [0.717, 1.165) is 17.5 Å². The van der Waals surface area contributed by atoms with E-state index in [2.05, 4.69) is 60.6 Å². The Morgan fingerprint density at radius 2 is 1.29 bits per heavy atom. The molecule has 0 saturated heterocycles. The molecular weight excluding hydrogens is 256 g/mol. The van der Waals surface area contributed by atoms with Crippen LogP contribution in [-0.4, -0.2) is 5.11 Å². The Kier molecular flexibility index (Phi) is 5.90. The van der Waals surface area contributed by atoms with Crippen LogP contribution in [0.25, 0.3) is 0 Å². The maximum atomic E-state index is 10.7. The first-order valence-corrected chi connectivity index (χ1v) is 8.44. The molecule has 0 aliphatic heterocycles. The molecule has 0 unspecified atom stereocenters. The number of hydrogen-bond donors (Lipinski definition) is 1. The SMILES string of the molecule is CCCCCCc1cc(C(C)(C)C)c(O)c(C(C)(C)C)c1. The van der Waals surface area contributed by atoms with Crippen LogP contribution in [0, 0.1) is 0 Å². The summed E-state index contributed by atoms with van der Waals surface area (Å²) >= 11 is 0. The van der Waals surface area contributed by atoms with Crippen LogP contribution in [-0.2, 0) is 17.3 Å². The molecule has 0 radical (unpaired) electrons. The molecule has 0 aliphatic rings. The van der Waals surface area contributed by atoms with Gasteiger partial charge in [0.05, 0.1) is 0 Å². The van der Waals surface area contributed by atoms with Gasteiger partial charge in [0.1, 0.15) is 5.75 Å². The third-order valence-corrected chi connectivity index (χ3v) is 4.10. The smallest absolute Gasteiger partial charge is 0.123 e. The second-order valence-electron chi connectivity index (χ2n) is 8.35. The number of phenolic OH excluding ortho intramolecular Hbond substituents is 1. The number of aromatic hydroxyl groups is 1. The van der Waals surface area contributed by atoms with E-state index in [0.29, 0.717) is 5.75 Å². The van der Waals surface area contributed by atoms with Gasteiger partial charge >= 0.3 is 0 Å². The van der Waals surface area contributed by atoms with Gasteiger partial charge in [-0.25, -0.2) is 0 Å². The summed E-state index contributed by atoms with van der Waals surface area (Å²) in [5, 5.41) is 10.7. The molecule has 1 aromatic carbocycles. The fourth-order valence-electron chi connectivity index (χ4n) is 2.74. The van der Waals surface area contributed by atoms with E-state index in [9.17, 15) is 5.11 Å². The highest BCUT2D eigenvalue weighted by Gasteiger charge is 2.26. The lowest BCUT2D eigenvalue weighted by molar-refractivity contribution is 0.422. The Hall–Kier alpha value is -0.980. The zero-order valence-corrected chi connectivity index (χ0v) is 15.1. The lowest BCUT2D eigenvalue weighted by atomic mass is 9.78. The van der Waals surface area contributed by atoms with Gasteiger partial charge in [-0.2, -0.15) is 0 Å². The van der Waals surface area contributed by atoms with Crippen LogP contribution in [0.4, 0.5) is 0 Å². The van der Waals surface area contributed by atoms with Gasteiger partial charge in [0.15, 0.2) is 0 Å². The van der Waals surface area contributed by atoms with Crippen molar-refractivity contribution in [2.75, 3.05) is 0 Å². The van der Waals surface area contributed by atoms with Gasteiger partial charge in [0.2, 0.25) is 0 Å². The molecule has 0 amide bonds. The van der Waals surface area contributed by atoms with E-state index in [-0.39, 0.29) is 10.8 Å². The van der Waals surface area contributed by atoms with Crippen LogP contribution in [0.1, 0.15) is 90.8 Å². The Bertz CT molecular complexity index is 423. The van der Waals surface area contributed by atoms with Crippen LogP contribution in [0.2, 0.25) is 0 Å². The fraction of sp³-hybridized carbons (Fsp3) is 0.700. The minimum atomic E-state index is -0.0243. The molecule has 0 aromatic heterocycles. The van der Waals surface area contributed by atoms with Crippen molar-refractivity contribution in [3.63, 3.8) is 0 Å². The Morgan fingerprint density at radius 1 is 0.810 bits per heavy atom. The first-order chi connectivity index (χ1) is 9.57. The van der Waals surface area contributed by atoms with Gasteiger partial charge in [-0.05, 0) is 40.4 Å². The van der Waals surface area contributed by atoms with E-state index >= 15 is 0 Å². The van der Waals surface area contributed by atoms with Crippen molar-refractivity contribution in [1.82, 2.24) is 0 Å². The molecular formula is C20H34O. The molecule has 1 aromatic rings. The summed E-state index contributed by atoms with van der Waals surface area (Å²) in [5.74, 6) is 0.493. The minimum Gasteiger partial charge on any atom is -0.507 e. The number of phenols is 1. The third kappa shape index (κ3) is 5.05. The highest BCUT2D eigenvalue weighted by molar-refractivity contribution is 5.49. The van der Waals surface area contributed by atoms with Crippen molar-refractivity contribution in [3.8, 4) is 5.75 Å². The van der Waals surface area contributed by atoms with Crippen molar-refractivity contribution < 1.29 is 5.11 Å². The average molecular weight is 290 g/mol. The van der Waals surface area contributed by atoms with Crippen molar-refractivity contribution in [3.05, 3.63) is 28.8 Å². The average Bonchev–Trinajstić information content (AvgIpc) is 2.33. The number of rotatable bonds is 5. The molecule has 0 spiro atoms. The van der Waals surface area contributed by atoms with Crippen LogP contribution < -0.4 is 0 Å². The Labute approximate surface area is 131 Å². The Balaban J connectivity index is 3.15. The fourth-order valence-corrected chi connectivity index (χ4v) is 2.74. The molecule has 1 rings (SSSR count). The van der Waals surface area contributed by atoms with Crippen molar-refractivity contribution in [2.24, 2.45) is 0 Å². The quantitative estimate of drug-likeness (QED) is 0.649. The summed E-state index contributed by atoms with van der Waals surface area (Å²) in [4.78, 5) is 0. The number of unbranched alkanes of at least 4 members (excludes halogenated alkanes) is 3. The Morgan fingerprint density at radius 3 is 1.67 bits per heavy atom. The molecule has 0 aliphatic carbocycles. The third-order valence-electron chi connectivity index (χ3n) is 4.10. The zero-order chi connectivity index (χ0) is 16.3. The number of hydrogen-bond acceptors (Lipinski definition) is 1. The molecule has 0 bridgehead atoms. The van der Waals surface area contributed by atoms with Gasteiger partial charge in [-0.15, -0.1) is 0 Å². The number of benzene rings is 1. The highest BCUT2D eigenvalue weighted by atomic mass is 16.3. The zero-order valence-electron chi connectivity index (χ0n) is 15.1. The van der Waals surface area contributed by atoms with E-state index in [4.69, 9.17) is 0 Å². The summed E-state index contributed by atoms with van der Waals surface area (Å²) in [6.45, 7) is 15.3. The lowest BCUT2D eigenvalue weighted by Crippen LogP contribution is -2.18. The summed E-state index contributed by atoms with van der Waals surface area (Å²) in [5.41, 5.74) is 3.49. The van der Waals surface area contributed by atoms with Crippen molar-refractivity contribution >= 4 is 0 Å². The standard InChI is InChI=1S/C20H34O/c1-8-9-10-11-12-15-13-16(19(2,3)4)18(21)17(14-15)20(5,6)7/h13-14,21H,8-12H2,1-7H3. The lowest BCUT2D eigenvalue weighted by Gasteiger charge is -2.28. The maximum Gasteiger partial charge on any atom is 0.123 e. The molecule has 0 atom stereocenters. The summed E-state index contributed by atoms with van der Waals surface area (Å²) in [6, 6.07) is 4.44. The maximum absolute atomic E-state index is 10.7. The van der Waals surface area contributed by atoms with Gasteiger partial charge < -0.3 is 5.11 Å². The first kappa shape index (κ1) is 18.1. The molecule has 1 heteroatoms. The molecule has 0 fully saturated rings. The predicted octanol–water partition coefficient (Wildman–Crippen LogP) is 6.11. The van der Waals surface area contributed by atoms with Crippen LogP contribution in [0.15, 0.2) is 12.1 Å². The molecule has 120 valence electrons. The van der Waals surface area contributed by atoms with E-state index < -0.39 is 0 Å². The van der Waals surface area contributed by atoms with Crippen molar-refractivity contribution in [2.45, 2.75) is 91.4 Å². The molecule has 0 heterocycles. The number of aryl methyl sites for hydroxylation is 1. The van der Waals surface area contributed by atoms with Gasteiger partial charge in [0.25, 0.3) is 0 Å². The van der Waals surface area contributed by atoms with E-state index in [1.165, 1.54) is 31.2 Å². The van der Waals surface area contributed by atoms with Crippen LogP contribution in [0.3, 0.4) is 0 Å². The van der Waals surface area contributed by atoms with Crippen molar-refractivity contribution in [1.29, 1.82) is 0 Å². The summed E-state index contributed by atoms with van der Waals surface area (Å²) in [7, 11) is 0. The monoisotopic (exact) mass is 290 g/mol. The second kappa shape index (κ2) is 6.85. The highest BCUT2D eigenvalue weighted by Crippen LogP contribution is 2.40. The molecule has 0 saturated carbocycles. The summed E-state index contributed by atoms with van der Waals surface area (Å²) < 4.78 is 0. The topological polar surface area (TPSA) is 20.2 Å².